The highest BCUT2D eigenvalue weighted by molar-refractivity contribution is 5.81. The van der Waals surface area contributed by atoms with Crippen LogP contribution in [0.3, 0.4) is 0 Å². The van der Waals surface area contributed by atoms with Gasteiger partial charge in [0.15, 0.2) is 0 Å². The van der Waals surface area contributed by atoms with Crippen LogP contribution in [0.5, 0.6) is 0 Å². The van der Waals surface area contributed by atoms with Crippen LogP contribution < -0.4 is 5.32 Å². The Bertz CT molecular complexity index is 462. The molecular weight excluding hydrogens is 198 g/mol. The molecule has 0 fully saturated rings. The Morgan fingerprint density at radius 3 is 2.88 bits per heavy atom. The van der Waals surface area contributed by atoms with Crippen molar-refractivity contribution < 1.29 is 4.79 Å². The standard InChI is InChI=1S/C14H15NO/c16-12-7-5-10(6-8-12)14-13-4-2-1-3-11(13)9-15-14/h1-5,14-15H,6-9H2. The number of hydrogen-bond acceptors (Lipinski definition) is 2. The van der Waals surface area contributed by atoms with Gasteiger partial charge in [-0.15, -0.1) is 0 Å². The summed E-state index contributed by atoms with van der Waals surface area (Å²) in [5.74, 6) is 0.370. The summed E-state index contributed by atoms with van der Waals surface area (Å²) >= 11 is 0. The third-order valence-corrected chi connectivity index (χ3v) is 3.52. The molecule has 82 valence electrons. The lowest BCUT2D eigenvalue weighted by molar-refractivity contribution is -0.118. The first-order chi connectivity index (χ1) is 7.84. The minimum absolute atomic E-state index is 0.351. The highest BCUT2D eigenvalue weighted by Gasteiger charge is 2.26. The smallest absolute Gasteiger partial charge is 0.136 e. The highest BCUT2D eigenvalue weighted by atomic mass is 16.1. The van der Waals surface area contributed by atoms with E-state index in [1.54, 1.807) is 0 Å². The molecule has 1 aliphatic heterocycles. The molecule has 1 aliphatic carbocycles. The van der Waals surface area contributed by atoms with Gasteiger partial charge in [-0.1, -0.05) is 35.9 Å². The predicted octanol–water partition coefficient (Wildman–Crippen LogP) is 2.51. The summed E-state index contributed by atoms with van der Waals surface area (Å²) in [5, 5.41) is 3.53. The van der Waals surface area contributed by atoms with Crippen molar-refractivity contribution in [2.75, 3.05) is 0 Å². The van der Waals surface area contributed by atoms with Crippen molar-refractivity contribution in [1.82, 2.24) is 5.32 Å². The molecule has 2 aliphatic rings. The molecule has 1 aromatic carbocycles. The summed E-state index contributed by atoms with van der Waals surface area (Å²) in [6, 6.07) is 8.90. The van der Waals surface area contributed by atoms with Gasteiger partial charge in [-0.25, -0.2) is 0 Å². The maximum atomic E-state index is 11.2. The van der Waals surface area contributed by atoms with Gasteiger partial charge in [-0.3, -0.25) is 4.79 Å². The second-order valence-electron chi connectivity index (χ2n) is 4.53. The van der Waals surface area contributed by atoms with Crippen LogP contribution in [-0.2, 0) is 11.3 Å². The summed E-state index contributed by atoms with van der Waals surface area (Å²) in [6.45, 7) is 0.951. The van der Waals surface area contributed by atoms with Crippen LogP contribution in [0.15, 0.2) is 35.9 Å². The molecule has 1 unspecified atom stereocenters. The zero-order chi connectivity index (χ0) is 11.0. The Balaban J connectivity index is 1.90. The Labute approximate surface area is 95.4 Å². The van der Waals surface area contributed by atoms with E-state index in [1.807, 2.05) is 0 Å². The molecule has 0 bridgehead atoms. The van der Waals surface area contributed by atoms with Crippen molar-refractivity contribution in [2.24, 2.45) is 0 Å². The van der Waals surface area contributed by atoms with Crippen LogP contribution in [0.1, 0.15) is 36.4 Å². The van der Waals surface area contributed by atoms with Gasteiger partial charge in [0.05, 0.1) is 6.04 Å². The lowest BCUT2D eigenvalue weighted by Gasteiger charge is -2.19. The molecule has 3 rings (SSSR count). The fourth-order valence-electron chi connectivity index (χ4n) is 2.62. The van der Waals surface area contributed by atoms with Crippen LogP contribution in [0.2, 0.25) is 0 Å². The zero-order valence-corrected chi connectivity index (χ0v) is 9.20. The highest BCUT2D eigenvalue weighted by Crippen LogP contribution is 2.34. The Morgan fingerprint density at radius 1 is 1.19 bits per heavy atom. The molecule has 1 aromatic rings. The minimum atomic E-state index is 0.351. The number of carbonyl (C=O) groups is 1. The quantitative estimate of drug-likeness (QED) is 0.726. The average Bonchev–Trinajstić information content (AvgIpc) is 2.74. The van der Waals surface area contributed by atoms with Crippen LogP contribution in [-0.4, -0.2) is 5.78 Å². The fraction of sp³-hybridized carbons (Fsp3) is 0.357. The number of rotatable bonds is 1. The van der Waals surface area contributed by atoms with Crippen LogP contribution in [0.25, 0.3) is 0 Å². The number of nitrogens with one attached hydrogen (secondary N) is 1. The maximum absolute atomic E-state index is 11.2. The Morgan fingerprint density at radius 2 is 2.06 bits per heavy atom. The van der Waals surface area contributed by atoms with Gasteiger partial charge in [-0.2, -0.15) is 0 Å². The minimum Gasteiger partial charge on any atom is -0.302 e. The van der Waals surface area contributed by atoms with E-state index in [0.29, 0.717) is 24.7 Å². The van der Waals surface area contributed by atoms with E-state index in [4.69, 9.17) is 0 Å². The van der Waals surface area contributed by atoms with Crippen molar-refractivity contribution in [3.63, 3.8) is 0 Å². The molecule has 16 heavy (non-hydrogen) atoms. The molecule has 0 amide bonds. The van der Waals surface area contributed by atoms with E-state index >= 15 is 0 Å². The van der Waals surface area contributed by atoms with Gasteiger partial charge in [0, 0.05) is 19.4 Å². The molecule has 0 saturated carbocycles. The normalized spacial score (nSPS) is 24.1. The molecule has 0 radical (unpaired) electrons. The van der Waals surface area contributed by atoms with E-state index in [0.717, 1.165) is 13.0 Å². The molecule has 2 nitrogen and oxygen atoms in total. The van der Waals surface area contributed by atoms with Crippen molar-refractivity contribution >= 4 is 5.78 Å². The number of ketones is 1. The number of benzene rings is 1. The third kappa shape index (κ3) is 1.59. The van der Waals surface area contributed by atoms with E-state index in [1.165, 1.54) is 16.7 Å². The fourth-order valence-corrected chi connectivity index (χ4v) is 2.62. The van der Waals surface area contributed by atoms with E-state index < -0.39 is 0 Å². The van der Waals surface area contributed by atoms with E-state index in [2.05, 4.69) is 35.7 Å². The van der Waals surface area contributed by atoms with Crippen LogP contribution in [0.4, 0.5) is 0 Å². The van der Waals surface area contributed by atoms with Crippen LogP contribution >= 0.6 is 0 Å². The number of hydrogen-bond donors (Lipinski definition) is 1. The Hall–Kier alpha value is -1.41. The molecule has 1 heterocycles. The summed E-state index contributed by atoms with van der Waals surface area (Å²) in [7, 11) is 0. The second-order valence-corrected chi connectivity index (χ2v) is 4.53. The van der Waals surface area contributed by atoms with Crippen LogP contribution in [0, 0.1) is 0 Å². The molecule has 1 atom stereocenters. The lowest BCUT2D eigenvalue weighted by atomic mass is 9.90. The first-order valence-electron chi connectivity index (χ1n) is 5.86. The van der Waals surface area contributed by atoms with Gasteiger partial charge in [-0.05, 0) is 17.5 Å². The monoisotopic (exact) mass is 213 g/mol. The lowest BCUT2D eigenvalue weighted by Crippen LogP contribution is -2.17. The molecule has 2 heteroatoms. The first-order valence-corrected chi connectivity index (χ1v) is 5.86. The summed E-state index contributed by atoms with van der Waals surface area (Å²) in [5.41, 5.74) is 4.18. The van der Waals surface area contributed by atoms with Gasteiger partial charge in [0.2, 0.25) is 0 Å². The zero-order valence-electron chi connectivity index (χ0n) is 9.20. The molecule has 0 spiro atoms. The van der Waals surface area contributed by atoms with Crippen molar-refractivity contribution in [3.8, 4) is 0 Å². The summed E-state index contributed by atoms with van der Waals surface area (Å²) < 4.78 is 0. The number of Topliss-reactive ketones (excluding diaryl/α,β-unsaturated/α-hetero) is 1. The molecule has 0 saturated heterocycles. The number of fused-ring (bicyclic) bond motifs is 1. The molecule has 1 N–H and O–H groups in total. The molecule has 0 aromatic heterocycles. The third-order valence-electron chi connectivity index (χ3n) is 3.52. The van der Waals surface area contributed by atoms with Gasteiger partial charge in [0.1, 0.15) is 5.78 Å². The maximum Gasteiger partial charge on any atom is 0.136 e. The van der Waals surface area contributed by atoms with Crippen molar-refractivity contribution in [2.45, 2.75) is 31.8 Å². The largest absolute Gasteiger partial charge is 0.302 e. The Kier molecular flexibility index (Phi) is 2.37. The van der Waals surface area contributed by atoms with Gasteiger partial charge < -0.3 is 5.32 Å². The first kappa shape index (κ1) is 9.79. The summed E-state index contributed by atoms with van der Waals surface area (Å²) in [4.78, 5) is 11.2. The van der Waals surface area contributed by atoms with Crippen molar-refractivity contribution in [1.29, 1.82) is 0 Å². The average molecular weight is 213 g/mol. The van der Waals surface area contributed by atoms with Crippen molar-refractivity contribution in [3.05, 3.63) is 47.0 Å². The van der Waals surface area contributed by atoms with Gasteiger partial charge >= 0.3 is 0 Å². The van der Waals surface area contributed by atoms with Gasteiger partial charge in [0.25, 0.3) is 0 Å². The number of carbonyl (C=O) groups excluding carboxylic acids is 1. The summed E-state index contributed by atoms with van der Waals surface area (Å²) in [6.07, 6.45) is 4.37. The predicted molar refractivity (Wildman–Crippen MR) is 63.0 cm³/mol. The van der Waals surface area contributed by atoms with E-state index in [9.17, 15) is 4.79 Å². The molecular formula is C14H15NO. The topological polar surface area (TPSA) is 29.1 Å². The van der Waals surface area contributed by atoms with E-state index in [-0.39, 0.29) is 0 Å². The number of allylic oxidation sites excluding steroid dienone is 1. The second kappa shape index (κ2) is 3.87. The SMILES string of the molecule is O=C1CC=C(C2NCc3ccccc32)CC1.